The summed E-state index contributed by atoms with van der Waals surface area (Å²) in [6.45, 7) is 0. The van der Waals surface area contributed by atoms with Gasteiger partial charge in [0.25, 0.3) is 5.91 Å². The van der Waals surface area contributed by atoms with Gasteiger partial charge in [-0.1, -0.05) is 95.7 Å². The van der Waals surface area contributed by atoms with Crippen LogP contribution in [-0.2, 0) is 0 Å². The summed E-state index contributed by atoms with van der Waals surface area (Å²) in [6.07, 6.45) is 0. The molecule has 4 nitrogen and oxygen atoms in total. The maximum absolute atomic E-state index is 12.9. The van der Waals surface area contributed by atoms with Crippen LogP contribution in [0.5, 0.6) is 0 Å². The summed E-state index contributed by atoms with van der Waals surface area (Å²) >= 11 is 7.20. The molecule has 0 saturated heterocycles. The van der Waals surface area contributed by atoms with Crippen LogP contribution in [0.4, 0.5) is 5.69 Å². The lowest BCUT2D eigenvalue weighted by atomic mass is 10.0. The lowest BCUT2D eigenvalue weighted by molar-refractivity contribution is 0.102. The van der Waals surface area contributed by atoms with E-state index >= 15 is 0 Å². The van der Waals surface area contributed by atoms with Crippen molar-refractivity contribution in [2.75, 3.05) is 5.32 Å². The fraction of sp³-hybridized carbons (Fsp3) is 0. The number of halogens is 1. The van der Waals surface area contributed by atoms with Gasteiger partial charge in [0.05, 0.1) is 5.69 Å². The van der Waals surface area contributed by atoms with Crippen molar-refractivity contribution in [2.45, 2.75) is 0 Å². The van der Waals surface area contributed by atoms with Crippen LogP contribution in [0.3, 0.4) is 0 Å². The number of hydrogen-bond donors (Lipinski definition) is 1. The molecule has 29 heavy (non-hydrogen) atoms. The van der Waals surface area contributed by atoms with Gasteiger partial charge in [-0.25, -0.2) is 4.98 Å². The molecule has 0 aliphatic rings. The van der Waals surface area contributed by atoms with E-state index in [0.717, 1.165) is 16.9 Å². The minimum atomic E-state index is -0.322. The van der Waals surface area contributed by atoms with Crippen LogP contribution < -0.4 is 5.32 Å². The summed E-state index contributed by atoms with van der Waals surface area (Å²) in [5, 5.41) is 2.85. The summed E-state index contributed by atoms with van der Waals surface area (Å²) in [5.41, 5.74) is 2.97. The van der Waals surface area contributed by atoms with Crippen LogP contribution >= 0.6 is 22.9 Å². The van der Waals surface area contributed by atoms with Crippen LogP contribution in [0.2, 0.25) is 4.47 Å². The Kier molecular flexibility index (Phi) is 5.51. The summed E-state index contributed by atoms with van der Waals surface area (Å²) in [7, 11) is 0. The van der Waals surface area contributed by atoms with Crippen LogP contribution in [0.25, 0.3) is 11.3 Å². The van der Waals surface area contributed by atoms with Gasteiger partial charge in [0.1, 0.15) is 4.88 Å². The third-order valence-electron chi connectivity index (χ3n) is 4.27. The minimum absolute atomic E-state index is 0.104. The van der Waals surface area contributed by atoms with E-state index in [9.17, 15) is 9.59 Å². The number of rotatable bonds is 5. The third kappa shape index (κ3) is 4.26. The summed E-state index contributed by atoms with van der Waals surface area (Å²) in [5.74, 6) is -0.426. The Labute approximate surface area is 176 Å². The van der Waals surface area contributed by atoms with Gasteiger partial charge < -0.3 is 5.32 Å². The second-order valence-corrected chi connectivity index (χ2v) is 7.82. The zero-order valence-corrected chi connectivity index (χ0v) is 16.7. The van der Waals surface area contributed by atoms with Crippen molar-refractivity contribution >= 4 is 40.3 Å². The highest BCUT2D eigenvalue weighted by molar-refractivity contribution is 7.18. The molecule has 0 radical (unpaired) electrons. The summed E-state index contributed by atoms with van der Waals surface area (Å²) in [6, 6.07) is 25.3. The smallest absolute Gasteiger partial charge is 0.268 e. The van der Waals surface area contributed by atoms with Crippen LogP contribution in [0.1, 0.15) is 25.6 Å². The molecular weight excluding hydrogens is 404 g/mol. The van der Waals surface area contributed by atoms with Gasteiger partial charge in [0, 0.05) is 22.4 Å². The maximum Gasteiger partial charge on any atom is 0.268 e. The number of carbonyl (C=O) groups excluding carboxylic acids is 2. The Morgan fingerprint density at radius 3 is 2.21 bits per heavy atom. The Morgan fingerprint density at radius 1 is 0.828 bits per heavy atom. The number of hydrogen-bond acceptors (Lipinski definition) is 4. The van der Waals surface area contributed by atoms with Crippen molar-refractivity contribution in [3.63, 3.8) is 0 Å². The lowest BCUT2D eigenvalue weighted by Gasteiger charge is -2.07. The molecule has 142 valence electrons. The number of nitrogens with one attached hydrogen (secondary N) is 1. The SMILES string of the molecule is O=C(c1ccccc1)c1cccc(NC(=O)c2sc(Cl)nc2-c2ccccc2)c1. The number of ketones is 1. The van der Waals surface area contributed by atoms with Crippen LogP contribution in [0.15, 0.2) is 84.9 Å². The topological polar surface area (TPSA) is 59.1 Å². The van der Waals surface area contributed by atoms with E-state index in [0.29, 0.717) is 31.9 Å². The second-order valence-electron chi connectivity index (χ2n) is 6.24. The molecule has 1 heterocycles. The third-order valence-corrected chi connectivity index (χ3v) is 5.43. The van der Waals surface area contributed by atoms with Gasteiger partial charge in [0.2, 0.25) is 0 Å². The van der Waals surface area contributed by atoms with Gasteiger partial charge in [-0.2, -0.15) is 0 Å². The molecule has 3 aromatic carbocycles. The number of carbonyl (C=O) groups is 2. The average Bonchev–Trinajstić information content (AvgIpc) is 3.16. The van der Waals surface area contributed by atoms with Gasteiger partial charge in [-0.3, -0.25) is 9.59 Å². The summed E-state index contributed by atoms with van der Waals surface area (Å²) in [4.78, 5) is 30.3. The fourth-order valence-corrected chi connectivity index (χ4v) is 3.95. The average molecular weight is 419 g/mol. The predicted octanol–water partition coefficient (Wildman–Crippen LogP) is 5.95. The van der Waals surface area contributed by atoms with E-state index in [-0.39, 0.29) is 11.7 Å². The van der Waals surface area contributed by atoms with Crippen LogP contribution in [0, 0.1) is 0 Å². The number of anilines is 1. The normalized spacial score (nSPS) is 10.5. The molecule has 1 N–H and O–H groups in total. The predicted molar refractivity (Wildman–Crippen MR) is 117 cm³/mol. The number of thiazole rings is 1. The Hall–Kier alpha value is -3.28. The van der Waals surface area contributed by atoms with E-state index in [1.165, 1.54) is 0 Å². The molecule has 0 aliphatic carbocycles. The standard InChI is InChI=1S/C23H15ClN2O2S/c24-23-26-19(15-8-3-1-4-9-15)21(29-23)22(28)25-18-13-7-12-17(14-18)20(27)16-10-5-2-6-11-16/h1-14H,(H,25,28). The number of amides is 1. The second kappa shape index (κ2) is 8.39. The zero-order valence-electron chi connectivity index (χ0n) is 15.1. The summed E-state index contributed by atoms with van der Waals surface area (Å²) < 4.78 is 0.294. The lowest BCUT2D eigenvalue weighted by Crippen LogP contribution is -2.12. The maximum atomic E-state index is 12.9. The van der Waals surface area contributed by atoms with E-state index < -0.39 is 0 Å². The number of benzene rings is 3. The highest BCUT2D eigenvalue weighted by Gasteiger charge is 2.19. The van der Waals surface area contributed by atoms with Crippen molar-refractivity contribution in [2.24, 2.45) is 0 Å². The van der Waals surface area contributed by atoms with Crippen molar-refractivity contribution in [3.8, 4) is 11.3 Å². The monoisotopic (exact) mass is 418 g/mol. The van der Waals surface area contributed by atoms with Crippen LogP contribution in [-0.4, -0.2) is 16.7 Å². The molecule has 1 aromatic heterocycles. The highest BCUT2D eigenvalue weighted by atomic mass is 35.5. The molecule has 0 saturated carbocycles. The molecule has 4 rings (SSSR count). The van der Waals surface area contributed by atoms with Crippen molar-refractivity contribution < 1.29 is 9.59 Å². The van der Waals surface area contributed by atoms with E-state index in [4.69, 9.17) is 11.6 Å². The van der Waals surface area contributed by atoms with Crippen molar-refractivity contribution in [3.05, 3.63) is 105 Å². The molecule has 4 aromatic rings. The molecule has 0 bridgehead atoms. The van der Waals surface area contributed by atoms with E-state index in [1.807, 2.05) is 48.5 Å². The quantitative estimate of drug-likeness (QED) is 0.407. The highest BCUT2D eigenvalue weighted by Crippen LogP contribution is 2.31. The molecule has 1 amide bonds. The first-order valence-corrected chi connectivity index (χ1v) is 10.0. The van der Waals surface area contributed by atoms with Gasteiger partial charge in [0.15, 0.2) is 10.3 Å². The van der Waals surface area contributed by atoms with Gasteiger partial charge in [-0.15, -0.1) is 0 Å². The number of nitrogens with zero attached hydrogens (tertiary/aromatic N) is 1. The zero-order chi connectivity index (χ0) is 20.2. The Bertz CT molecular complexity index is 1170. The van der Waals surface area contributed by atoms with E-state index in [2.05, 4.69) is 10.3 Å². The molecule has 0 unspecified atom stereocenters. The largest absolute Gasteiger partial charge is 0.321 e. The first-order chi connectivity index (χ1) is 14.1. The molecule has 0 atom stereocenters. The number of aromatic nitrogens is 1. The molecule has 0 aliphatic heterocycles. The van der Waals surface area contributed by atoms with Gasteiger partial charge >= 0.3 is 0 Å². The molecule has 6 heteroatoms. The minimum Gasteiger partial charge on any atom is -0.321 e. The molecule has 0 fully saturated rings. The van der Waals surface area contributed by atoms with Crippen molar-refractivity contribution in [1.29, 1.82) is 0 Å². The molecule has 0 spiro atoms. The first kappa shape index (κ1) is 19.1. The fourth-order valence-electron chi connectivity index (χ4n) is 2.92. The van der Waals surface area contributed by atoms with Crippen molar-refractivity contribution in [1.82, 2.24) is 4.98 Å². The Balaban J connectivity index is 1.60. The molecular formula is C23H15ClN2O2S. The van der Waals surface area contributed by atoms with Gasteiger partial charge in [-0.05, 0) is 12.1 Å². The Morgan fingerprint density at radius 2 is 1.48 bits per heavy atom. The van der Waals surface area contributed by atoms with E-state index in [1.54, 1.807) is 36.4 Å². The first-order valence-electron chi connectivity index (χ1n) is 8.85.